The molecule has 0 saturated carbocycles. The van der Waals surface area contributed by atoms with Gasteiger partial charge in [-0.15, -0.1) is 0 Å². The highest BCUT2D eigenvalue weighted by molar-refractivity contribution is 6.13. The van der Waals surface area contributed by atoms with E-state index < -0.39 is 29.9 Å². The summed E-state index contributed by atoms with van der Waals surface area (Å²) in [6.45, 7) is 1.16. The third kappa shape index (κ3) is 3.37. The van der Waals surface area contributed by atoms with Crippen LogP contribution < -0.4 is 0 Å². The molecular formula is C7H8O6. The van der Waals surface area contributed by atoms with Crippen LogP contribution in [0.3, 0.4) is 0 Å². The maximum atomic E-state index is 10.3. The lowest BCUT2D eigenvalue weighted by molar-refractivity contribution is -0.140. The number of hydrogen-bond donors (Lipinski definition) is 3. The van der Waals surface area contributed by atoms with E-state index in [1.807, 2.05) is 0 Å². The summed E-state index contributed by atoms with van der Waals surface area (Å²) in [7, 11) is 0. The molecular weight excluding hydrogens is 180 g/mol. The topological polar surface area (TPSA) is 112 Å². The second-order valence-corrected chi connectivity index (χ2v) is 2.34. The van der Waals surface area contributed by atoms with Crippen molar-refractivity contribution in [3.8, 4) is 0 Å². The van der Waals surface area contributed by atoms with Crippen molar-refractivity contribution < 1.29 is 29.7 Å². The average Bonchev–Trinajstić information content (AvgIpc) is 1.81. The number of aliphatic carboxylic acids is 3. The first-order valence-corrected chi connectivity index (χ1v) is 3.24. The Kier molecular flexibility index (Phi) is 3.64. The van der Waals surface area contributed by atoms with Crippen molar-refractivity contribution in [2.24, 2.45) is 0 Å². The predicted molar refractivity (Wildman–Crippen MR) is 40.2 cm³/mol. The molecule has 0 aliphatic carbocycles. The lowest BCUT2D eigenvalue weighted by Crippen LogP contribution is -2.14. The Morgan fingerprint density at radius 2 is 1.38 bits per heavy atom. The molecule has 13 heavy (non-hydrogen) atoms. The Bertz CT molecular complexity index is 271. The van der Waals surface area contributed by atoms with Gasteiger partial charge in [0.2, 0.25) is 0 Å². The molecule has 0 heterocycles. The van der Waals surface area contributed by atoms with Gasteiger partial charge in [0, 0.05) is 0 Å². The monoisotopic (exact) mass is 188 g/mol. The molecule has 0 aliphatic rings. The standard InChI is InChI=1S/C7H8O6/c1-3(2-4(8)9)5(6(10)11)7(12)13/h2H2,1H3,(H,8,9)(H,10,11)(H,12,13). The van der Waals surface area contributed by atoms with Crippen molar-refractivity contribution in [3.63, 3.8) is 0 Å². The van der Waals surface area contributed by atoms with Crippen LogP contribution in [-0.4, -0.2) is 33.2 Å². The lowest BCUT2D eigenvalue weighted by atomic mass is 10.1. The molecule has 0 unspecified atom stereocenters. The number of rotatable bonds is 4. The van der Waals surface area contributed by atoms with E-state index in [0.29, 0.717) is 0 Å². The second kappa shape index (κ2) is 4.24. The maximum Gasteiger partial charge on any atom is 0.343 e. The molecule has 0 amide bonds. The van der Waals surface area contributed by atoms with Crippen LogP contribution in [0.1, 0.15) is 13.3 Å². The van der Waals surface area contributed by atoms with Crippen molar-refractivity contribution in [1.29, 1.82) is 0 Å². The summed E-state index contributed by atoms with van der Waals surface area (Å²) in [5, 5.41) is 25.1. The van der Waals surface area contributed by atoms with Crippen LogP contribution in [0.15, 0.2) is 11.1 Å². The van der Waals surface area contributed by atoms with Crippen molar-refractivity contribution >= 4 is 17.9 Å². The maximum absolute atomic E-state index is 10.3. The summed E-state index contributed by atoms with van der Waals surface area (Å²) in [6, 6.07) is 0. The predicted octanol–water partition coefficient (Wildman–Crippen LogP) is -0.0532. The lowest BCUT2D eigenvalue weighted by Gasteiger charge is -2.00. The molecule has 3 N–H and O–H groups in total. The zero-order valence-corrected chi connectivity index (χ0v) is 6.77. The molecule has 0 saturated heterocycles. The highest BCUT2D eigenvalue weighted by Crippen LogP contribution is 2.08. The van der Waals surface area contributed by atoms with E-state index in [1.54, 1.807) is 0 Å². The highest BCUT2D eigenvalue weighted by Gasteiger charge is 2.20. The summed E-state index contributed by atoms with van der Waals surface area (Å²) in [5.74, 6) is -4.53. The fourth-order valence-corrected chi connectivity index (χ4v) is 0.772. The van der Waals surface area contributed by atoms with Gasteiger partial charge in [-0.25, -0.2) is 9.59 Å². The van der Waals surface area contributed by atoms with Crippen LogP contribution in [0.4, 0.5) is 0 Å². The van der Waals surface area contributed by atoms with Gasteiger partial charge in [-0.3, -0.25) is 4.79 Å². The first-order valence-electron chi connectivity index (χ1n) is 3.24. The van der Waals surface area contributed by atoms with Gasteiger partial charge in [0.15, 0.2) is 0 Å². The SMILES string of the molecule is CC(CC(=O)O)=C(C(=O)O)C(=O)O. The van der Waals surface area contributed by atoms with E-state index in [4.69, 9.17) is 15.3 Å². The molecule has 0 aliphatic heterocycles. The molecule has 72 valence electrons. The largest absolute Gasteiger partial charge is 0.481 e. The molecule has 0 atom stereocenters. The minimum Gasteiger partial charge on any atom is -0.481 e. The van der Waals surface area contributed by atoms with Crippen LogP contribution in [0.25, 0.3) is 0 Å². The van der Waals surface area contributed by atoms with E-state index in [0.717, 1.165) is 6.92 Å². The average molecular weight is 188 g/mol. The van der Waals surface area contributed by atoms with Gasteiger partial charge in [-0.2, -0.15) is 0 Å². The van der Waals surface area contributed by atoms with Crippen LogP contribution in [-0.2, 0) is 14.4 Å². The van der Waals surface area contributed by atoms with Crippen molar-refractivity contribution in [3.05, 3.63) is 11.1 Å². The van der Waals surface area contributed by atoms with Gasteiger partial charge in [-0.1, -0.05) is 0 Å². The van der Waals surface area contributed by atoms with Crippen molar-refractivity contribution in [2.45, 2.75) is 13.3 Å². The fourth-order valence-electron chi connectivity index (χ4n) is 0.772. The van der Waals surface area contributed by atoms with Crippen LogP contribution in [0, 0.1) is 0 Å². The van der Waals surface area contributed by atoms with E-state index >= 15 is 0 Å². The summed E-state index contributed by atoms with van der Waals surface area (Å²) in [4.78, 5) is 30.8. The molecule has 0 radical (unpaired) electrons. The van der Waals surface area contributed by atoms with E-state index in [2.05, 4.69) is 0 Å². The number of hydrogen-bond acceptors (Lipinski definition) is 3. The van der Waals surface area contributed by atoms with Crippen LogP contribution in [0.5, 0.6) is 0 Å². The van der Waals surface area contributed by atoms with E-state index in [1.165, 1.54) is 0 Å². The fraction of sp³-hybridized carbons (Fsp3) is 0.286. The zero-order valence-electron chi connectivity index (χ0n) is 6.77. The molecule has 0 aromatic heterocycles. The van der Waals surface area contributed by atoms with Crippen molar-refractivity contribution in [1.82, 2.24) is 0 Å². The molecule has 0 rings (SSSR count). The smallest absolute Gasteiger partial charge is 0.343 e. The Hall–Kier alpha value is -1.85. The number of carbonyl (C=O) groups is 3. The van der Waals surface area contributed by atoms with E-state index in [-0.39, 0.29) is 5.57 Å². The third-order valence-electron chi connectivity index (χ3n) is 1.27. The molecule has 0 aromatic carbocycles. The van der Waals surface area contributed by atoms with E-state index in [9.17, 15) is 14.4 Å². The van der Waals surface area contributed by atoms with Gasteiger partial charge in [0.1, 0.15) is 5.57 Å². The molecule has 6 heteroatoms. The second-order valence-electron chi connectivity index (χ2n) is 2.34. The summed E-state index contributed by atoms with van der Waals surface area (Å²) in [6.07, 6.45) is -0.589. The molecule has 0 spiro atoms. The first kappa shape index (κ1) is 11.2. The number of carboxylic acid groups (broad SMARTS) is 3. The summed E-state index contributed by atoms with van der Waals surface area (Å²) in [5.41, 5.74) is -1.07. The number of carboxylic acids is 3. The summed E-state index contributed by atoms with van der Waals surface area (Å²) >= 11 is 0. The van der Waals surface area contributed by atoms with Crippen LogP contribution in [0.2, 0.25) is 0 Å². The summed E-state index contributed by atoms with van der Waals surface area (Å²) < 4.78 is 0. The first-order chi connectivity index (χ1) is 5.86. The Morgan fingerprint density at radius 1 is 1.00 bits per heavy atom. The molecule has 0 fully saturated rings. The Labute approximate surface area is 73.1 Å². The van der Waals surface area contributed by atoms with Gasteiger partial charge in [0.25, 0.3) is 0 Å². The van der Waals surface area contributed by atoms with Gasteiger partial charge >= 0.3 is 17.9 Å². The minimum atomic E-state index is -1.63. The minimum absolute atomic E-state index is 0.187. The van der Waals surface area contributed by atoms with Gasteiger partial charge in [-0.05, 0) is 12.5 Å². The molecule has 0 bridgehead atoms. The normalized spacial score (nSPS) is 9.00. The third-order valence-corrected chi connectivity index (χ3v) is 1.27. The Morgan fingerprint density at radius 3 is 1.62 bits per heavy atom. The zero-order chi connectivity index (χ0) is 10.6. The van der Waals surface area contributed by atoms with Gasteiger partial charge < -0.3 is 15.3 Å². The quantitative estimate of drug-likeness (QED) is 0.324. The molecule has 0 aromatic rings. The van der Waals surface area contributed by atoms with Crippen LogP contribution >= 0.6 is 0 Å². The van der Waals surface area contributed by atoms with Gasteiger partial charge in [0.05, 0.1) is 6.42 Å². The Balaban J connectivity index is 4.98. The highest BCUT2D eigenvalue weighted by atomic mass is 16.4. The molecule has 6 nitrogen and oxygen atoms in total. The van der Waals surface area contributed by atoms with Crippen molar-refractivity contribution in [2.75, 3.05) is 0 Å².